The van der Waals surface area contributed by atoms with Gasteiger partial charge >= 0.3 is 0 Å². The Labute approximate surface area is 126 Å². The fourth-order valence-electron chi connectivity index (χ4n) is 2.36. The number of ether oxygens (including phenoxy) is 1. The fraction of sp³-hybridized carbons (Fsp3) is 0.333. The molecule has 0 radical (unpaired) electrons. The number of hydrogen-bond acceptors (Lipinski definition) is 3. The smallest absolute Gasteiger partial charge is 0.0713 e. The van der Waals surface area contributed by atoms with Crippen molar-refractivity contribution in [1.29, 1.82) is 0 Å². The molecule has 112 valence electrons. The SMILES string of the molecule is COCc1cccc(CNC(CO)Cc2ccccc2)c1. The van der Waals surface area contributed by atoms with Crippen LogP contribution < -0.4 is 5.32 Å². The van der Waals surface area contributed by atoms with Crippen LogP contribution >= 0.6 is 0 Å². The first kappa shape index (κ1) is 15.7. The van der Waals surface area contributed by atoms with E-state index in [0.717, 1.165) is 13.0 Å². The van der Waals surface area contributed by atoms with Gasteiger partial charge in [0.05, 0.1) is 13.2 Å². The number of aliphatic hydroxyl groups is 1. The van der Waals surface area contributed by atoms with E-state index < -0.39 is 0 Å². The maximum absolute atomic E-state index is 9.52. The van der Waals surface area contributed by atoms with Crippen molar-refractivity contribution >= 4 is 0 Å². The highest BCUT2D eigenvalue weighted by atomic mass is 16.5. The average molecular weight is 285 g/mol. The van der Waals surface area contributed by atoms with E-state index in [0.29, 0.717) is 6.61 Å². The molecule has 0 amide bonds. The maximum Gasteiger partial charge on any atom is 0.0713 e. The van der Waals surface area contributed by atoms with Crippen LogP contribution in [-0.4, -0.2) is 24.9 Å². The summed E-state index contributed by atoms with van der Waals surface area (Å²) >= 11 is 0. The molecule has 0 saturated heterocycles. The molecule has 2 N–H and O–H groups in total. The number of benzene rings is 2. The molecule has 0 aliphatic heterocycles. The Morgan fingerprint density at radius 1 is 1.00 bits per heavy atom. The molecule has 0 fully saturated rings. The summed E-state index contributed by atoms with van der Waals surface area (Å²) < 4.78 is 5.15. The Hall–Kier alpha value is -1.68. The third-order valence-electron chi connectivity index (χ3n) is 3.44. The Morgan fingerprint density at radius 3 is 2.43 bits per heavy atom. The quantitative estimate of drug-likeness (QED) is 0.783. The minimum absolute atomic E-state index is 0.0680. The second kappa shape index (κ2) is 8.57. The van der Waals surface area contributed by atoms with Crippen molar-refractivity contribution in [1.82, 2.24) is 5.32 Å². The average Bonchev–Trinajstić information content (AvgIpc) is 2.53. The summed E-state index contributed by atoms with van der Waals surface area (Å²) in [6.45, 7) is 1.50. The van der Waals surface area contributed by atoms with E-state index in [2.05, 4.69) is 35.6 Å². The molecule has 1 atom stereocenters. The van der Waals surface area contributed by atoms with Gasteiger partial charge in [0.25, 0.3) is 0 Å². The minimum atomic E-state index is 0.0680. The molecule has 3 nitrogen and oxygen atoms in total. The number of rotatable bonds is 8. The van der Waals surface area contributed by atoms with E-state index in [1.165, 1.54) is 16.7 Å². The van der Waals surface area contributed by atoms with Crippen molar-refractivity contribution in [3.8, 4) is 0 Å². The summed E-state index contributed by atoms with van der Waals surface area (Å²) in [7, 11) is 1.70. The van der Waals surface area contributed by atoms with Gasteiger partial charge in [-0.15, -0.1) is 0 Å². The van der Waals surface area contributed by atoms with Gasteiger partial charge in [0.1, 0.15) is 0 Å². The predicted octanol–water partition coefficient (Wildman–Crippen LogP) is 2.53. The first-order chi connectivity index (χ1) is 10.3. The summed E-state index contributed by atoms with van der Waals surface area (Å²) in [4.78, 5) is 0. The molecular formula is C18H23NO2. The summed E-state index contributed by atoms with van der Waals surface area (Å²) in [5, 5.41) is 12.9. The largest absolute Gasteiger partial charge is 0.395 e. The molecular weight excluding hydrogens is 262 g/mol. The molecule has 0 saturated carbocycles. The third-order valence-corrected chi connectivity index (χ3v) is 3.44. The lowest BCUT2D eigenvalue weighted by molar-refractivity contribution is 0.185. The first-order valence-corrected chi connectivity index (χ1v) is 7.26. The van der Waals surface area contributed by atoms with E-state index in [1.54, 1.807) is 7.11 Å². The molecule has 0 aromatic heterocycles. The summed E-state index contributed by atoms with van der Waals surface area (Å²) in [6, 6.07) is 18.6. The van der Waals surface area contributed by atoms with Crippen molar-refractivity contribution in [2.24, 2.45) is 0 Å². The van der Waals surface area contributed by atoms with Crippen molar-refractivity contribution in [2.75, 3.05) is 13.7 Å². The van der Waals surface area contributed by atoms with Crippen molar-refractivity contribution in [3.05, 3.63) is 71.3 Å². The van der Waals surface area contributed by atoms with E-state index in [9.17, 15) is 5.11 Å². The van der Waals surface area contributed by atoms with Gasteiger partial charge in [-0.05, 0) is 23.1 Å². The van der Waals surface area contributed by atoms with E-state index in [4.69, 9.17) is 4.74 Å². The Kier molecular flexibility index (Phi) is 6.41. The molecule has 0 spiro atoms. The van der Waals surface area contributed by atoms with Gasteiger partial charge in [-0.3, -0.25) is 0 Å². The molecule has 3 heteroatoms. The zero-order chi connectivity index (χ0) is 14.9. The van der Waals surface area contributed by atoms with Crippen molar-refractivity contribution < 1.29 is 9.84 Å². The molecule has 2 rings (SSSR count). The minimum Gasteiger partial charge on any atom is -0.395 e. The standard InChI is InChI=1S/C18H23NO2/c1-21-14-17-9-5-8-16(10-17)12-19-18(13-20)11-15-6-3-2-4-7-15/h2-10,18-20H,11-14H2,1H3. The maximum atomic E-state index is 9.52. The molecule has 1 unspecified atom stereocenters. The lowest BCUT2D eigenvalue weighted by atomic mass is 10.1. The van der Waals surface area contributed by atoms with Crippen LogP contribution in [0.15, 0.2) is 54.6 Å². The van der Waals surface area contributed by atoms with Crippen LogP contribution in [-0.2, 0) is 24.3 Å². The lowest BCUT2D eigenvalue weighted by Gasteiger charge is -2.16. The second-order valence-electron chi connectivity index (χ2n) is 5.20. The van der Waals surface area contributed by atoms with Gasteiger partial charge in [-0.2, -0.15) is 0 Å². The predicted molar refractivity (Wildman–Crippen MR) is 85.0 cm³/mol. The number of nitrogens with one attached hydrogen (secondary N) is 1. The zero-order valence-corrected chi connectivity index (χ0v) is 12.5. The summed E-state index contributed by atoms with van der Waals surface area (Å²) in [6.07, 6.45) is 0.828. The molecule has 2 aromatic rings. The zero-order valence-electron chi connectivity index (χ0n) is 12.5. The van der Waals surface area contributed by atoms with Crippen LogP contribution in [0.5, 0.6) is 0 Å². The number of hydrogen-bond donors (Lipinski definition) is 2. The number of aliphatic hydroxyl groups excluding tert-OH is 1. The first-order valence-electron chi connectivity index (χ1n) is 7.26. The topological polar surface area (TPSA) is 41.5 Å². The number of methoxy groups -OCH3 is 1. The second-order valence-corrected chi connectivity index (χ2v) is 5.20. The van der Waals surface area contributed by atoms with Crippen LogP contribution in [0, 0.1) is 0 Å². The van der Waals surface area contributed by atoms with Crippen molar-refractivity contribution in [2.45, 2.75) is 25.6 Å². The van der Waals surface area contributed by atoms with Gasteiger partial charge in [-0.1, -0.05) is 54.6 Å². The molecule has 0 aliphatic carbocycles. The Bertz CT molecular complexity index is 528. The molecule has 21 heavy (non-hydrogen) atoms. The van der Waals surface area contributed by atoms with Gasteiger partial charge in [-0.25, -0.2) is 0 Å². The normalized spacial score (nSPS) is 12.3. The third kappa shape index (κ3) is 5.31. The highest BCUT2D eigenvalue weighted by Crippen LogP contribution is 2.08. The lowest BCUT2D eigenvalue weighted by Crippen LogP contribution is -2.34. The molecule has 0 bridgehead atoms. The summed E-state index contributed by atoms with van der Waals surface area (Å²) in [5.74, 6) is 0. The monoisotopic (exact) mass is 285 g/mol. The van der Waals surface area contributed by atoms with Crippen molar-refractivity contribution in [3.63, 3.8) is 0 Å². The van der Waals surface area contributed by atoms with Gasteiger partial charge in [0.15, 0.2) is 0 Å². The Morgan fingerprint density at radius 2 is 1.71 bits per heavy atom. The van der Waals surface area contributed by atoms with Crippen LogP contribution in [0.25, 0.3) is 0 Å². The van der Waals surface area contributed by atoms with Gasteiger partial charge in [0, 0.05) is 19.7 Å². The summed E-state index contributed by atoms with van der Waals surface area (Å²) in [5.41, 5.74) is 3.61. The van der Waals surface area contributed by atoms with Gasteiger partial charge < -0.3 is 15.2 Å². The highest BCUT2D eigenvalue weighted by Gasteiger charge is 2.08. The Balaban J connectivity index is 1.89. The molecule has 0 aliphatic rings. The van der Waals surface area contributed by atoms with Crippen LogP contribution in [0.1, 0.15) is 16.7 Å². The molecule has 2 aromatic carbocycles. The van der Waals surface area contributed by atoms with Crippen LogP contribution in [0.3, 0.4) is 0 Å². The van der Waals surface area contributed by atoms with E-state index in [1.807, 2.05) is 24.3 Å². The molecule has 0 heterocycles. The fourth-order valence-corrected chi connectivity index (χ4v) is 2.36. The van der Waals surface area contributed by atoms with Crippen LogP contribution in [0.2, 0.25) is 0 Å². The van der Waals surface area contributed by atoms with Crippen LogP contribution in [0.4, 0.5) is 0 Å². The van der Waals surface area contributed by atoms with E-state index >= 15 is 0 Å². The highest BCUT2D eigenvalue weighted by molar-refractivity contribution is 5.23. The van der Waals surface area contributed by atoms with Gasteiger partial charge in [0.2, 0.25) is 0 Å². The van der Waals surface area contributed by atoms with E-state index in [-0.39, 0.29) is 12.6 Å².